The minimum absolute atomic E-state index is 0.0422. The Balaban J connectivity index is 1.36. The minimum atomic E-state index is -0.258. The summed E-state index contributed by atoms with van der Waals surface area (Å²) < 4.78 is 16.8. The molecule has 2 unspecified atom stereocenters. The molecule has 0 spiro atoms. The number of hydrogen-bond acceptors (Lipinski definition) is 7. The highest BCUT2D eigenvalue weighted by atomic mass is 32.1. The van der Waals surface area contributed by atoms with Crippen LogP contribution in [0, 0.1) is 0 Å². The molecule has 2 aliphatic heterocycles. The van der Waals surface area contributed by atoms with Crippen molar-refractivity contribution in [2.24, 2.45) is 5.10 Å². The molecule has 34 heavy (non-hydrogen) atoms. The second-order valence-electron chi connectivity index (χ2n) is 8.63. The van der Waals surface area contributed by atoms with E-state index >= 15 is 0 Å². The molecule has 0 N–H and O–H groups in total. The number of ether oxygens (including phenoxy) is 2. The normalized spacial score (nSPS) is 20.2. The summed E-state index contributed by atoms with van der Waals surface area (Å²) in [5, 5.41) is 8.45. The lowest BCUT2D eigenvalue weighted by Crippen LogP contribution is -2.40. The van der Waals surface area contributed by atoms with Gasteiger partial charge in [0.1, 0.15) is 17.6 Å². The van der Waals surface area contributed by atoms with E-state index in [0.717, 1.165) is 55.3 Å². The molecule has 1 saturated heterocycles. The van der Waals surface area contributed by atoms with Crippen molar-refractivity contribution in [3.05, 3.63) is 76.4 Å². The van der Waals surface area contributed by atoms with E-state index in [0.29, 0.717) is 6.42 Å². The maximum atomic E-state index is 13.6. The van der Waals surface area contributed by atoms with Gasteiger partial charge < -0.3 is 13.9 Å². The largest absolute Gasteiger partial charge is 0.497 e. The highest BCUT2D eigenvalue weighted by Crippen LogP contribution is 2.33. The minimum Gasteiger partial charge on any atom is -0.497 e. The number of carbonyl (C=O) groups is 1. The average molecular weight is 480 g/mol. The van der Waals surface area contributed by atoms with Gasteiger partial charge in [-0.25, -0.2) is 5.01 Å². The van der Waals surface area contributed by atoms with Crippen LogP contribution < -0.4 is 4.74 Å². The molecular weight excluding hydrogens is 450 g/mol. The van der Waals surface area contributed by atoms with Gasteiger partial charge in [-0.15, -0.1) is 11.3 Å². The van der Waals surface area contributed by atoms with E-state index < -0.39 is 0 Å². The molecule has 5 rings (SSSR count). The fourth-order valence-electron chi connectivity index (χ4n) is 4.55. The molecule has 2 atom stereocenters. The Hall–Kier alpha value is -2.94. The molecule has 7 nitrogen and oxygen atoms in total. The summed E-state index contributed by atoms with van der Waals surface area (Å²) in [5.41, 5.74) is 1.84. The van der Waals surface area contributed by atoms with Crippen molar-refractivity contribution in [1.29, 1.82) is 0 Å². The molecule has 1 aromatic carbocycles. The summed E-state index contributed by atoms with van der Waals surface area (Å²) in [4.78, 5) is 17.0. The molecule has 2 aliphatic rings. The van der Waals surface area contributed by atoms with E-state index in [4.69, 9.17) is 19.0 Å². The Morgan fingerprint density at radius 3 is 2.79 bits per heavy atom. The van der Waals surface area contributed by atoms with Gasteiger partial charge in [-0.2, -0.15) is 5.10 Å². The number of hydrogen-bond donors (Lipinski definition) is 0. The molecule has 178 valence electrons. The molecule has 8 heteroatoms. The molecule has 0 aliphatic carbocycles. The lowest BCUT2D eigenvalue weighted by atomic mass is 10.0. The summed E-state index contributed by atoms with van der Waals surface area (Å²) in [6.07, 6.45) is 4.53. The molecule has 1 amide bonds. The van der Waals surface area contributed by atoms with Gasteiger partial charge in [0.05, 0.1) is 31.7 Å². The number of methoxy groups -OCH3 is 1. The summed E-state index contributed by atoms with van der Waals surface area (Å²) in [7, 11) is 1.65. The van der Waals surface area contributed by atoms with Crippen molar-refractivity contribution in [2.75, 3.05) is 26.8 Å². The monoisotopic (exact) mass is 479 g/mol. The van der Waals surface area contributed by atoms with E-state index in [9.17, 15) is 4.79 Å². The topological polar surface area (TPSA) is 67.5 Å². The Labute approximate surface area is 203 Å². The van der Waals surface area contributed by atoms with Crippen LogP contribution in [0.1, 0.15) is 41.5 Å². The van der Waals surface area contributed by atoms with Crippen LogP contribution in [0.3, 0.4) is 0 Å². The highest BCUT2D eigenvalue weighted by Gasteiger charge is 2.35. The van der Waals surface area contributed by atoms with E-state index in [1.807, 2.05) is 42.5 Å². The van der Waals surface area contributed by atoms with Gasteiger partial charge in [0, 0.05) is 31.0 Å². The van der Waals surface area contributed by atoms with Gasteiger partial charge in [0.25, 0.3) is 5.91 Å². The number of rotatable bonds is 9. The quantitative estimate of drug-likeness (QED) is 0.445. The first-order valence-corrected chi connectivity index (χ1v) is 12.5. The number of benzene rings is 1. The third kappa shape index (κ3) is 5.24. The average Bonchev–Trinajstić information content (AvgIpc) is 3.66. The molecule has 4 heterocycles. The summed E-state index contributed by atoms with van der Waals surface area (Å²) in [5.74, 6) is 1.49. The number of nitrogens with zero attached hydrogens (tertiary/aromatic N) is 3. The van der Waals surface area contributed by atoms with Crippen LogP contribution in [-0.4, -0.2) is 54.4 Å². The van der Waals surface area contributed by atoms with Gasteiger partial charge in [-0.1, -0.05) is 6.07 Å². The van der Waals surface area contributed by atoms with Crippen LogP contribution in [0.15, 0.2) is 69.7 Å². The lowest BCUT2D eigenvalue weighted by molar-refractivity contribution is -0.135. The Morgan fingerprint density at radius 1 is 1.24 bits per heavy atom. The van der Waals surface area contributed by atoms with E-state index in [1.54, 1.807) is 29.7 Å². The van der Waals surface area contributed by atoms with Gasteiger partial charge in [-0.3, -0.25) is 9.69 Å². The zero-order valence-corrected chi connectivity index (χ0v) is 20.1. The summed E-state index contributed by atoms with van der Waals surface area (Å²) in [6.45, 7) is 2.53. The Bertz CT molecular complexity index is 1090. The SMILES string of the molecule is COc1ccc(C2=NN(C(=O)CN(Cc3cccs3)CC3CCCO3)C(c3ccco3)C2)cc1. The number of thiophene rings is 1. The predicted molar refractivity (Wildman–Crippen MR) is 131 cm³/mol. The van der Waals surface area contributed by atoms with Gasteiger partial charge >= 0.3 is 0 Å². The highest BCUT2D eigenvalue weighted by molar-refractivity contribution is 7.09. The second kappa shape index (κ2) is 10.5. The molecule has 0 radical (unpaired) electrons. The lowest BCUT2D eigenvalue weighted by Gasteiger charge is -2.27. The van der Waals surface area contributed by atoms with Crippen LogP contribution in [0.2, 0.25) is 0 Å². The molecule has 0 saturated carbocycles. The number of hydrazone groups is 1. The van der Waals surface area contributed by atoms with Crippen molar-refractivity contribution in [3.63, 3.8) is 0 Å². The third-order valence-corrected chi connectivity index (χ3v) is 7.13. The number of furan rings is 1. The number of amides is 1. The molecule has 3 aromatic rings. The first-order valence-electron chi connectivity index (χ1n) is 11.6. The van der Waals surface area contributed by atoms with Crippen molar-refractivity contribution in [1.82, 2.24) is 9.91 Å². The van der Waals surface area contributed by atoms with E-state index in [1.165, 1.54) is 4.88 Å². The standard InChI is InChI=1S/C26H29N3O4S/c1-31-20-10-8-19(9-11-20)23-15-24(25-7-3-13-33-25)29(27-23)26(30)18-28(16-21-5-2-12-32-21)17-22-6-4-14-34-22/h3-4,6-11,13-14,21,24H,2,5,12,15-18H2,1H3. The zero-order chi connectivity index (χ0) is 23.3. The molecule has 0 bridgehead atoms. The van der Waals surface area contributed by atoms with E-state index in [2.05, 4.69) is 16.3 Å². The van der Waals surface area contributed by atoms with Crippen molar-refractivity contribution >= 4 is 23.0 Å². The van der Waals surface area contributed by atoms with Crippen LogP contribution in [-0.2, 0) is 16.1 Å². The summed E-state index contributed by atoms with van der Waals surface area (Å²) in [6, 6.07) is 15.4. The zero-order valence-electron chi connectivity index (χ0n) is 19.3. The van der Waals surface area contributed by atoms with Gasteiger partial charge in [-0.05, 0) is 66.2 Å². The van der Waals surface area contributed by atoms with Crippen LogP contribution in [0.25, 0.3) is 0 Å². The van der Waals surface area contributed by atoms with Gasteiger partial charge in [0.15, 0.2) is 0 Å². The van der Waals surface area contributed by atoms with Crippen LogP contribution in [0.4, 0.5) is 0 Å². The second-order valence-corrected chi connectivity index (χ2v) is 9.67. The number of carbonyl (C=O) groups excluding carboxylic acids is 1. The van der Waals surface area contributed by atoms with E-state index in [-0.39, 0.29) is 24.6 Å². The van der Waals surface area contributed by atoms with Crippen molar-refractivity contribution < 1.29 is 18.7 Å². The molecule has 2 aromatic heterocycles. The third-order valence-electron chi connectivity index (χ3n) is 6.26. The maximum absolute atomic E-state index is 13.6. The van der Waals surface area contributed by atoms with Crippen LogP contribution in [0.5, 0.6) is 5.75 Å². The summed E-state index contributed by atoms with van der Waals surface area (Å²) >= 11 is 1.71. The fraction of sp³-hybridized carbons (Fsp3) is 0.385. The van der Waals surface area contributed by atoms with Gasteiger partial charge in [0.2, 0.25) is 0 Å². The smallest absolute Gasteiger partial charge is 0.257 e. The first-order chi connectivity index (χ1) is 16.7. The molecular formula is C26H29N3O4S. The Morgan fingerprint density at radius 2 is 2.12 bits per heavy atom. The maximum Gasteiger partial charge on any atom is 0.257 e. The predicted octanol–water partition coefficient (Wildman–Crippen LogP) is 4.71. The van der Waals surface area contributed by atoms with Crippen molar-refractivity contribution in [2.45, 2.75) is 38.0 Å². The first kappa shape index (κ1) is 22.8. The van der Waals surface area contributed by atoms with Crippen molar-refractivity contribution in [3.8, 4) is 5.75 Å². The molecule has 1 fully saturated rings. The fourth-order valence-corrected chi connectivity index (χ4v) is 5.29. The Kier molecular flexibility index (Phi) is 7.08. The van der Waals surface area contributed by atoms with Crippen LogP contribution >= 0.6 is 11.3 Å².